The average molecular weight is 299 g/mol. The van der Waals surface area contributed by atoms with E-state index in [4.69, 9.17) is 21.4 Å². The summed E-state index contributed by atoms with van der Waals surface area (Å²) in [5.41, 5.74) is 4.05. The van der Waals surface area contributed by atoms with Gasteiger partial charge in [-0.05, 0) is 24.3 Å². The van der Waals surface area contributed by atoms with Crippen LogP contribution in [0.2, 0.25) is 5.02 Å². The monoisotopic (exact) mass is 298 g/mol. The second-order valence-electron chi connectivity index (χ2n) is 3.45. The molecule has 0 saturated heterocycles. The summed E-state index contributed by atoms with van der Waals surface area (Å²) in [4.78, 5) is 32.5. The number of carbonyl (C=O) groups is 3. The minimum Gasteiger partial charge on any atom is -0.484 e. The number of hydrazine groups is 1. The van der Waals surface area contributed by atoms with E-state index in [0.717, 1.165) is 6.08 Å². The molecule has 1 rings (SSSR count). The lowest BCUT2D eigenvalue weighted by molar-refractivity contribution is -0.131. The summed E-state index contributed by atoms with van der Waals surface area (Å²) >= 11 is 5.68. The third kappa shape index (κ3) is 6.41. The topological polar surface area (TPSA) is 105 Å². The number of aliphatic carboxylic acids is 1. The molecule has 0 aliphatic rings. The Hall–Kier alpha value is -2.54. The Bertz CT molecular complexity index is 527. The number of carboxylic acids is 1. The Morgan fingerprint density at radius 1 is 1.15 bits per heavy atom. The molecule has 20 heavy (non-hydrogen) atoms. The van der Waals surface area contributed by atoms with Crippen molar-refractivity contribution >= 4 is 29.4 Å². The van der Waals surface area contributed by atoms with Crippen LogP contribution in [0.25, 0.3) is 0 Å². The molecule has 106 valence electrons. The lowest BCUT2D eigenvalue weighted by atomic mass is 10.3. The Labute approximate surface area is 119 Å². The highest BCUT2D eigenvalue weighted by Gasteiger charge is 2.04. The minimum absolute atomic E-state index is 0.315. The number of amides is 2. The van der Waals surface area contributed by atoms with Gasteiger partial charge in [-0.2, -0.15) is 0 Å². The molecule has 0 fully saturated rings. The molecule has 0 aliphatic heterocycles. The van der Waals surface area contributed by atoms with Gasteiger partial charge in [-0.15, -0.1) is 0 Å². The van der Waals surface area contributed by atoms with Crippen LogP contribution < -0.4 is 15.6 Å². The van der Waals surface area contributed by atoms with Crippen molar-refractivity contribution in [3.63, 3.8) is 0 Å². The Morgan fingerprint density at radius 3 is 2.40 bits per heavy atom. The van der Waals surface area contributed by atoms with Gasteiger partial charge in [0.25, 0.3) is 11.8 Å². The lowest BCUT2D eigenvalue weighted by Crippen LogP contribution is -2.43. The van der Waals surface area contributed by atoms with Crippen LogP contribution in [0.5, 0.6) is 5.75 Å². The van der Waals surface area contributed by atoms with Gasteiger partial charge in [0.2, 0.25) is 0 Å². The van der Waals surface area contributed by atoms with Gasteiger partial charge in [0.15, 0.2) is 6.61 Å². The van der Waals surface area contributed by atoms with Crippen LogP contribution in [0.3, 0.4) is 0 Å². The highest BCUT2D eigenvalue weighted by molar-refractivity contribution is 6.30. The zero-order chi connectivity index (χ0) is 15.0. The van der Waals surface area contributed by atoms with Crippen molar-refractivity contribution in [1.29, 1.82) is 0 Å². The fourth-order valence-corrected chi connectivity index (χ4v) is 1.16. The number of benzene rings is 1. The van der Waals surface area contributed by atoms with Crippen LogP contribution in [0.4, 0.5) is 0 Å². The first-order chi connectivity index (χ1) is 9.47. The van der Waals surface area contributed by atoms with Crippen LogP contribution in [0.1, 0.15) is 0 Å². The number of hydrogen-bond donors (Lipinski definition) is 3. The van der Waals surface area contributed by atoms with Gasteiger partial charge in [0.05, 0.1) is 0 Å². The molecule has 0 saturated carbocycles. The molecule has 1 aromatic rings. The molecule has 2 amide bonds. The Morgan fingerprint density at radius 2 is 1.80 bits per heavy atom. The molecule has 1 aromatic carbocycles. The Kier molecular flexibility index (Phi) is 6.05. The first kappa shape index (κ1) is 15.5. The number of rotatable bonds is 5. The largest absolute Gasteiger partial charge is 0.484 e. The molecule has 7 nitrogen and oxygen atoms in total. The predicted octanol–water partition coefficient (Wildman–Crippen LogP) is 0.507. The highest BCUT2D eigenvalue weighted by atomic mass is 35.5. The Balaban J connectivity index is 2.28. The number of halogens is 1. The number of carboxylic acid groups (broad SMARTS) is 1. The summed E-state index contributed by atoms with van der Waals surface area (Å²) in [6.45, 7) is -0.315. The third-order valence-electron chi connectivity index (χ3n) is 1.89. The predicted molar refractivity (Wildman–Crippen MR) is 70.0 cm³/mol. The van der Waals surface area contributed by atoms with E-state index in [-0.39, 0.29) is 6.61 Å². The molecular weight excluding hydrogens is 288 g/mol. The number of nitrogens with one attached hydrogen (secondary N) is 2. The van der Waals surface area contributed by atoms with Crippen LogP contribution in [-0.2, 0) is 14.4 Å². The summed E-state index contributed by atoms with van der Waals surface area (Å²) in [5, 5.41) is 8.83. The van der Waals surface area contributed by atoms with Gasteiger partial charge in [-0.25, -0.2) is 4.79 Å². The molecule has 8 heteroatoms. The molecule has 0 heterocycles. The van der Waals surface area contributed by atoms with E-state index in [0.29, 0.717) is 16.8 Å². The van der Waals surface area contributed by atoms with E-state index in [2.05, 4.69) is 5.43 Å². The van der Waals surface area contributed by atoms with Crippen molar-refractivity contribution in [1.82, 2.24) is 10.9 Å². The van der Waals surface area contributed by atoms with Gasteiger partial charge in [0, 0.05) is 17.2 Å². The molecule has 0 spiro atoms. The summed E-state index contributed by atoms with van der Waals surface area (Å²) < 4.78 is 5.12. The minimum atomic E-state index is -1.27. The zero-order valence-corrected chi connectivity index (χ0v) is 10.9. The smallest absolute Gasteiger partial charge is 0.328 e. The van der Waals surface area contributed by atoms with Crippen LogP contribution in [-0.4, -0.2) is 29.5 Å². The SMILES string of the molecule is O=C(O)/C=C/C(=O)NNC(=O)COc1ccc(Cl)cc1. The fourth-order valence-electron chi connectivity index (χ4n) is 1.04. The van der Waals surface area contributed by atoms with Gasteiger partial charge in [-0.3, -0.25) is 20.4 Å². The standard InChI is InChI=1S/C12H11ClN2O5/c13-8-1-3-9(4-2-8)20-7-11(17)15-14-10(16)5-6-12(18)19/h1-6H,7H2,(H,14,16)(H,15,17)(H,18,19)/b6-5+. The quantitative estimate of drug-likeness (QED) is 0.542. The maximum absolute atomic E-state index is 11.3. The van der Waals surface area contributed by atoms with Crippen molar-refractivity contribution in [3.05, 3.63) is 41.4 Å². The molecular formula is C12H11ClN2O5. The molecule has 0 bridgehead atoms. The van der Waals surface area contributed by atoms with Crippen LogP contribution >= 0.6 is 11.6 Å². The maximum atomic E-state index is 11.3. The van der Waals surface area contributed by atoms with E-state index in [1.807, 2.05) is 5.43 Å². The number of hydrogen-bond acceptors (Lipinski definition) is 4. The van der Waals surface area contributed by atoms with Gasteiger partial charge in [0.1, 0.15) is 5.75 Å². The zero-order valence-electron chi connectivity index (χ0n) is 10.1. The van der Waals surface area contributed by atoms with Crippen molar-refractivity contribution in [2.45, 2.75) is 0 Å². The lowest BCUT2D eigenvalue weighted by Gasteiger charge is -2.07. The number of ether oxygens (including phenoxy) is 1. The summed E-state index contributed by atoms with van der Waals surface area (Å²) in [6, 6.07) is 6.38. The van der Waals surface area contributed by atoms with E-state index in [9.17, 15) is 14.4 Å². The molecule has 0 radical (unpaired) electrons. The fraction of sp³-hybridized carbons (Fsp3) is 0.0833. The van der Waals surface area contributed by atoms with E-state index < -0.39 is 17.8 Å². The van der Waals surface area contributed by atoms with Gasteiger partial charge in [-0.1, -0.05) is 11.6 Å². The van der Waals surface area contributed by atoms with Crippen molar-refractivity contribution in [2.75, 3.05) is 6.61 Å². The van der Waals surface area contributed by atoms with Crippen molar-refractivity contribution in [2.24, 2.45) is 0 Å². The third-order valence-corrected chi connectivity index (χ3v) is 2.14. The molecule has 3 N–H and O–H groups in total. The molecule has 0 aromatic heterocycles. The van der Waals surface area contributed by atoms with Crippen LogP contribution in [0, 0.1) is 0 Å². The summed E-state index contributed by atoms with van der Waals surface area (Å²) in [6.07, 6.45) is 1.41. The van der Waals surface area contributed by atoms with Gasteiger partial charge >= 0.3 is 5.97 Å². The number of carbonyl (C=O) groups excluding carboxylic acids is 2. The second kappa shape index (κ2) is 7.80. The van der Waals surface area contributed by atoms with Gasteiger partial charge < -0.3 is 9.84 Å². The summed E-state index contributed by atoms with van der Waals surface area (Å²) in [7, 11) is 0. The summed E-state index contributed by atoms with van der Waals surface area (Å²) in [5.74, 6) is -2.19. The molecule has 0 aliphatic carbocycles. The average Bonchev–Trinajstić information content (AvgIpc) is 2.42. The maximum Gasteiger partial charge on any atom is 0.328 e. The van der Waals surface area contributed by atoms with E-state index >= 15 is 0 Å². The molecule has 0 unspecified atom stereocenters. The normalized spacial score (nSPS) is 10.1. The van der Waals surface area contributed by atoms with E-state index in [1.165, 1.54) is 0 Å². The first-order valence-electron chi connectivity index (χ1n) is 5.35. The van der Waals surface area contributed by atoms with Crippen LogP contribution in [0.15, 0.2) is 36.4 Å². The van der Waals surface area contributed by atoms with E-state index in [1.54, 1.807) is 24.3 Å². The van der Waals surface area contributed by atoms with Crippen molar-refractivity contribution < 1.29 is 24.2 Å². The van der Waals surface area contributed by atoms with Crippen molar-refractivity contribution in [3.8, 4) is 5.75 Å². The first-order valence-corrected chi connectivity index (χ1v) is 5.73. The highest BCUT2D eigenvalue weighted by Crippen LogP contribution is 2.15. The molecule has 0 atom stereocenters. The second-order valence-corrected chi connectivity index (χ2v) is 3.89.